The summed E-state index contributed by atoms with van der Waals surface area (Å²) in [5.41, 5.74) is 0. The van der Waals surface area contributed by atoms with Crippen LogP contribution in [0.25, 0.3) is 0 Å². The minimum Gasteiger partial charge on any atom is -0.353 e. The zero-order valence-electron chi connectivity index (χ0n) is 20.1. The van der Waals surface area contributed by atoms with Crippen LogP contribution < -0.4 is 0 Å². The Balaban J connectivity index is 3.26. The highest BCUT2D eigenvalue weighted by molar-refractivity contribution is 4.56. The zero-order valence-corrected chi connectivity index (χ0v) is 20.1. The Kier molecular flexibility index (Phi) is 23.1. The van der Waals surface area contributed by atoms with Crippen LogP contribution in [0, 0.1) is 5.92 Å². The summed E-state index contributed by atoms with van der Waals surface area (Å²) in [5, 5.41) is 0. The van der Waals surface area contributed by atoms with E-state index in [2.05, 4.69) is 13.8 Å². The van der Waals surface area contributed by atoms with Gasteiger partial charge in [-0.05, 0) is 32.6 Å². The lowest BCUT2D eigenvalue weighted by Crippen LogP contribution is -2.17. The van der Waals surface area contributed by atoms with Gasteiger partial charge in [0.2, 0.25) is 0 Å². The normalized spacial score (nSPS) is 12.8. The maximum Gasteiger partial charge on any atom is 0.157 e. The van der Waals surface area contributed by atoms with E-state index in [9.17, 15) is 0 Å². The predicted molar refractivity (Wildman–Crippen MR) is 125 cm³/mol. The summed E-state index contributed by atoms with van der Waals surface area (Å²) in [4.78, 5) is 0. The lowest BCUT2D eigenvalue weighted by atomic mass is 9.96. The molecule has 170 valence electrons. The molecule has 0 rings (SSSR count). The van der Waals surface area contributed by atoms with E-state index < -0.39 is 0 Å². The smallest absolute Gasteiger partial charge is 0.157 e. The molecule has 0 aliphatic rings. The van der Waals surface area contributed by atoms with Gasteiger partial charge >= 0.3 is 0 Å². The van der Waals surface area contributed by atoms with Crippen LogP contribution in [-0.4, -0.2) is 19.5 Å². The van der Waals surface area contributed by atoms with Gasteiger partial charge in [0, 0.05) is 13.2 Å². The van der Waals surface area contributed by atoms with Crippen molar-refractivity contribution < 1.29 is 9.47 Å². The summed E-state index contributed by atoms with van der Waals surface area (Å²) < 4.78 is 11.2. The molecule has 0 saturated heterocycles. The van der Waals surface area contributed by atoms with E-state index >= 15 is 0 Å². The molecule has 1 atom stereocenters. The Morgan fingerprint density at radius 1 is 0.464 bits per heavy atom. The summed E-state index contributed by atoms with van der Waals surface area (Å²) in [5.74, 6) is 0.948. The quantitative estimate of drug-likeness (QED) is 0.126. The fraction of sp³-hybridized carbons (Fsp3) is 1.00. The molecular formula is C26H54O2. The van der Waals surface area contributed by atoms with Gasteiger partial charge in [0.15, 0.2) is 6.29 Å². The third kappa shape index (κ3) is 20.6. The van der Waals surface area contributed by atoms with E-state index in [1.165, 1.54) is 109 Å². The van der Waals surface area contributed by atoms with Gasteiger partial charge in [0.1, 0.15) is 0 Å². The fourth-order valence-electron chi connectivity index (χ4n) is 4.05. The molecule has 1 unspecified atom stereocenters. The van der Waals surface area contributed by atoms with Gasteiger partial charge in [0.05, 0.1) is 0 Å². The van der Waals surface area contributed by atoms with Gasteiger partial charge in [-0.3, -0.25) is 0 Å². The van der Waals surface area contributed by atoms with Crippen LogP contribution in [-0.2, 0) is 9.47 Å². The van der Waals surface area contributed by atoms with Crippen LogP contribution in [0.3, 0.4) is 0 Å². The fourth-order valence-corrected chi connectivity index (χ4v) is 4.05. The molecule has 0 spiro atoms. The Morgan fingerprint density at radius 3 is 1.21 bits per heavy atom. The Hall–Kier alpha value is -0.0800. The van der Waals surface area contributed by atoms with Gasteiger partial charge in [-0.15, -0.1) is 0 Å². The highest BCUT2D eigenvalue weighted by Gasteiger charge is 2.06. The van der Waals surface area contributed by atoms with Gasteiger partial charge in [-0.25, -0.2) is 0 Å². The Bertz CT molecular complexity index is 274. The number of ether oxygens (including phenoxy) is 2. The molecule has 0 radical (unpaired) electrons. The SMILES string of the molecule is CCCCCCCCC(C)CCCCCCCCCCCC(OCC)OCC. The molecule has 28 heavy (non-hydrogen) atoms. The molecule has 0 heterocycles. The minimum atomic E-state index is 0.0263. The highest BCUT2D eigenvalue weighted by atomic mass is 16.7. The summed E-state index contributed by atoms with van der Waals surface area (Å²) in [6.07, 6.45) is 25.2. The van der Waals surface area contributed by atoms with E-state index in [0.29, 0.717) is 0 Å². The van der Waals surface area contributed by atoms with Crippen molar-refractivity contribution in [2.75, 3.05) is 13.2 Å². The molecule has 0 aromatic carbocycles. The van der Waals surface area contributed by atoms with Gasteiger partial charge in [-0.2, -0.15) is 0 Å². The summed E-state index contributed by atoms with van der Waals surface area (Å²) >= 11 is 0. The highest BCUT2D eigenvalue weighted by Crippen LogP contribution is 2.19. The Labute approximate surface area is 178 Å². The monoisotopic (exact) mass is 398 g/mol. The molecule has 0 bridgehead atoms. The summed E-state index contributed by atoms with van der Waals surface area (Å²) in [6.45, 7) is 10.4. The first-order valence-corrected chi connectivity index (χ1v) is 13.0. The first kappa shape index (κ1) is 27.9. The largest absolute Gasteiger partial charge is 0.353 e. The molecule has 0 aromatic heterocycles. The number of hydrogen-bond acceptors (Lipinski definition) is 2. The zero-order chi connectivity index (χ0) is 20.7. The van der Waals surface area contributed by atoms with Gasteiger partial charge in [-0.1, -0.05) is 117 Å². The molecule has 0 aromatic rings. The van der Waals surface area contributed by atoms with Gasteiger partial charge < -0.3 is 9.47 Å². The second-order valence-corrected chi connectivity index (χ2v) is 8.76. The second kappa shape index (κ2) is 23.2. The van der Waals surface area contributed by atoms with Crippen molar-refractivity contribution >= 4 is 0 Å². The van der Waals surface area contributed by atoms with Crippen molar-refractivity contribution in [2.24, 2.45) is 5.92 Å². The predicted octanol–water partition coefficient (Wildman–Crippen LogP) is 9.06. The molecule has 0 saturated carbocycles. The van der Waals surface area contributed by atoms with Crippen LogP contribution in [0.15, 0.2) is 0 Å². The Morgan fingerprint density at radius 2 is 0.821 bits per heavy atom. The van der Waals surface area contributed by atoms with Crippen LogP contribution in [0.5, 0.6) is 0 Å². The third-order valence-corrected chi connectivity index (χ3v) is 5.89. The molecule has 0 aliphatic carbocycles. The van der Waals surface area contributed by atoms with Crippen molar-refractivity contribution in [3.63, 3.8) is 0 Å². The number of rotatable bonds is 23. The van der Waals surface area contributed by atoms with E-state index in [-0.39, 0.29) is 6.29 Å². The van der Waals surface area contributed by atoms with Crippen molar-refractivity contribution in [3.05, 3.63) is 0 Å². The number of hydrogen-bond donors (Lipinski definition) is 0. The summed E-state index contributed by atoms with van der Waals surface area (Å²) in [7, 11) is 0. The minimum absolute atomic E-state index is 0.0263. The average molecular weight is 399 g/mol. The molecule has 2 nitrogen and oxygen atoms in total. The topological polar surface area (TPSA) is 18.5 Å². The van der Waals surface area contributed by atoms with Crippen molar-refractivity contribution in [1.82, 2.24) is 0 Å². The molecule has 2 heteroatoms. The summed E-state index contributed by atoms with van der Waals surface area (Å²) in [6, 6.07) is 0. The maximum atomic E-state index is 5.60. The molecule has 0 N–H and O–H groups in total. The molecule has 0 aliphatic heterocycles. The molecule has 0 amide bonds. The second-order valence-electron chi connectivity index (χ2n) is 8.76. The van der Waals surface area contributed by atoms with Crippen molar-refractivity contribution in [3.8, 4) is 0 Å². The third-order valence-electron chi connectivity index (χ3n) is 5.89. The lowest BCUT2D eigenvalue weighted by Gasteiger charge is -2.16. The van der Waals surface area contributed by atoms with Crippen molar-refractivity contribution in [2.45, 2.75) is 150 Å². The number of unbranched alkanes of at least 4 members (excludes halogenated alkanes) is 13. The first-order valence-electron chi connectivity index (χ1n) is 13.0. The van der Waals surface area contributed by atoms with E-state index in [1.807, 2.05) is 13.8 Å². The van der Waals surface area contributed by atoms with Crippen LogP contribution in [0.1, 0.15) is 143 Å². The van der Waals surface area contributed by atoms with E-state index in [1.54, 1.807) is 0 Å². The maximum absolute atomic E-state index is 5.60. The van der Waals surface area contributed by atoms with Crippen LogP contribution in [0.4, 0.5) is 0 Å². The standard InChI is InChI=1S/C26H54O2/c1-5-8-9-10-16-19-22-25(4)23-20-17-14-12-11-13-15-18-21-24-26(27-6-2)28-7-3/h25-26H,5-24H2,1-4H3. The lowest BCUT2D eigenvalue weighted by molar-refractivity contribution is -0.140. The van der Waals surface area contributed by atoms with E-state index in [0.717, 1.165) is 25.6 Å². The molecule has 0 fully saturated rings. The van der Waals surface area contributed by atoms with E-state index in [4.69, 9.17) is 9.47 Å². The van der Waals surface area contributed by atoms with Crippen LogP contribution >= 0.6 is 0 Å². The average Bonchev–Trinajstić information content (AvgIpc) is 2.69. The van der Waals surface area contributed by atoms with Crippen molar-refractivity contribution in [1.29, 1.82) is 0 Å². The molecular weight excluding hydrogens is 344 g/mol. The van der Waals surface area contributed by atoms with Gasteiger partial charge in [0.25, 0.3) is 0 Å². The first-order chi connectivity index (χ1) is 13.7. The van der Waals surface area contributed by atoms with Crippen LogP contribution in [0.2, 0.25) is 0 Å².